The van der Waals surface area contributed by atoms with Crippen molar-refractivity contribution in [3.05, 3.63) is 59.9 Å². The Balaban J connectivity index is 1.89. The fraction of sp³-hybridized carbons (Fsp3) is 0.333. The van der Waals surface area contributed by atoms with Gasteiger partial charge in [0.15, 0.2) is 11.5 Å². The minimum absolute atomic E-state index is 0.0968. The third kappa shape index (κ3) is 5.70. The molecule has 0 heterocycles. The van der Waals surface area contributed by atoms with Gasteiger partial charge in [-0.25, -0.2) is 4.39 Å². The Morgan fingerprint density at radius 2 is 1.68 bits per heavy atom. The van der Waals surface area contributed by atoms with Crippen LogP contribution in [0.2, 0.25) is 0 Å². The van der Waals surface area contributed by atoms with Crippen molar-refractivity contribution in [2.75, 3.05) is 20.3 Å². The van der Waals surface area contributed by atoms with Gasteiger partial charge in [0.25, 0.3) is 5.91 Å². The van der Waals surface area contributed by atoms with Crippen LogP contribution in [0.4, 0.5) is 4.39 Å². The van der Waals surface area contributed by atoms with Gasteiger partial charge in [0.1, 0.15) is 18.5 Å². The van der Waals surface area contributed by atoms with E-state index in [4.69, 9.17) is 9.47 Å². The fourth-order valence-corrected chi connectivity index (χ4v) is 2.58. The minimum atomic E-state index is -0.793. The summed E-state index contributed by atoms with van der Waals surface area (Å²) in [5.41, 5.74) is -0.0968. The second kappa shape index (κ2) is 10.3. The van der Waals surface area contributed by atoms with Crippen LogP contribution in [0.5, 0.6) is 11.5 Å². The van der Waals surface area contributed by atoms with Crippen molar-refractivity contribution in [3.8, 4) is 11.5 Å². The molecule has 0 radical (unpaired) electrons. The van der Waals surface area contributed by atoms with Crippen molar-refractivity contribution in [3.63, 3.8) is 0 Å². The first kappa shape index (κ1) is 21.2. The number of hydrogen-bond acceptors (Lipinski definition) is 4. The molecule has 150 valence electrons. The molecule has 2 amide bonds. The zero-order chi connectivity index (χ0) is 20.5. The van der Waals surface area contributed by atoms with E-state index in [9.17, 15) is 14.0 Å². The van der Waals surface area contributed by atoms with Crippen molar-refractivity contribution < 1.29 is 23.5 Å². The number of carbonyl (C=O) groups is 2. The summed E-state index contributed by atoms with van der Waals surface area (Å²) >= 11 is 0. The number of carbonyl (C=O) groups excluding carboxylic acids is 2. The summed E-state index contributed by atoms with van der Waals surface area (Å²) in [7, 11) is 1.55. The van der Waals surface area contributed by atoms with Crippen LogP contribution in [0.3, 0.4) is 0 Å². The second-order valence-electron chi connectivity index (χ2n) is 6.47. The van der Waals surface area contributed by atoms with E-state index in [-0.39, 0.29) is 30.5 Å². The predicted molar refractivity (Wildman–Crippen MR) is 104 cm³/mol. The molecule has 0 spiro atoms. The second-order valence-corrected chi connectivity index (χ2v) is 6.47. The molecule has 0 fully saturated rings. The first-order valence-corrected chi connectivity index (χ1v) is 9.03. The molecule has 7 heteroatoms. The maximum Gasteiger partial charge on any atom is 0.254 e. The van der Waals surface area contributed by atoms with Crippen LogP contribution in [0.15, 0.2) is 48.5 Å². The monoisotopic (exact) mass is 388 g/mol. The van der Waals surface area contributed by atoms with Crippen LogP contribution in [-0.4, -0.2) is 38.1 Å². The summed E-state index contributed by atoms with van der Waals surface area (Å²) in [6.07, 6.45) is 0. The SMILES string of the molecule is COc1ccccc1OCCNC(=O)C(NC(=O)c1ccccc1F)C(C)C. The number of amides is 2. The summed E-state index contributed by atoms with van der Waals surface area (Å²) in [5, 5.41) is 5.33. The predicted octanol–water partition coefficient (Wildman–Crippen LogP) is 2.78. The minimum Gasteiger partial charge on any atom is -0.493 e. The number of ether oxygens (including phenoxy) is 2. The Hall–Kier alpha value is -3.09. The Kier molecular flexibility index (Phi) is 7.80. The van der Waals surface area contributed by atoms with Gasteiger partial charge in [0, 0.05) is 0 Å². The molecule has 0 aliphatic heterocycles. The molecule has 28 heavy (non-hydrogen) atoms. The topological polar surface area (TPSA) is 76.7 Å². The molecule has 0 aromatic heterocycles. The average Bonchev–Trinajstić information content (AvgIpc) is 2.69. The molecular formula is C21H25FN2O4. The Morgan fingerprint density at radius 3 is 2.32 bits per heavy atom. The number of nitrogens with one attached hydrogen (secondary N) is 2. The quantitative estimate of drug-likeness (QED) is 0.648. The highest BCUT2D eigenvalue weighted by molar-refractivity contribution is 5.97. The molecule has 1 atom stereocenters. The summed E-state index contributed by atoms with van der Waals surface area (Å²) in [6, 6.07) is 12.1. The molecule has 0 bridgehead atoms. The van der Waals surface area contributed by atoms with E-state index < -0.39 is 17.8 Å². The van der Waals surface area contributed by atoms with Crippen molar-refractivity contribution in [2.45, 2.75) is 19.9 Å². The number of halogens is 1. The summed E-state index contributed by atoms with van der Waals surface area (Å²) < 4.78 is 24.6. The molecule has 0 aliphatic rings. The van der Waals surface area contributed by atoms with Crippen molar-refractivity contribution >= 4 is 11.8 Å². The van der Waals surface area contributed by atoms with E-state index in [1.54, 1.807) is 39.2 Å². The number of hydrogen-bond donors (Lipinski definition) is 2. The summed E-state index contributed by atoms with van der Waals surface area (Å²) in [4.78, 5) is 24.8. The number of rotatable bonds is 9. The van der Waals surface area contributed by atoms with Crippen LogP contribution >= 0.6 is 0 Å². The van der Waals surface area contributed by atoms with Gasteiger partial charge in [0.05, 0.1) is 19.2 Å². The fourth-order valence-electron chi connectivity index (χ4n) is 2.58. The van der Waals surface area contributed by atoms with E-state index in [2.05, 4.69) is 10.6 Å². The van der Waals surface area contributed by atoms with Gasteiger partial charge in [0.2, 0.25) is 5.91 Å². The van der Waals surface area contributed by atoms with Crippen LogP contribution in [0.1, 0.15) is 24.2 Å². The zero-order valence-corrected chi connectivity index (χ0v) is 16.2. The molecule has 2 rings (SSSR count). The first-order chi connectivity index (χ1) is 13.4. The highest BCUT2D eigenvalue weighted by Gasteiger charge is 2.25. The van der Waals surface area contributed by atoms with Gasteiger partial charge < -0.3 is 20.1 Å². The van der Waals surface area contributed by atoms with Gasteiger partial charge in [-0.05, 0) is 30.2 Å². The van der Waals surface area contributed by atoms with Gasteiger partial charge in [-0.15, -0.1) is 0 Å². The van der Waals surface area contributed by atoms with Gasteiger partial charge in [-0.1, -0.05) is 38.1 Å². The van der Waals surface area contributed by atoms with E-state index in [1.807, 2.05) is 12.1 Å². The molecule has 2 aromatic carbocycles. The van der Waals surface area contributed by atoms with E-state index in [0.29, 0.717) is 11.5 Å². The standard InChI is InChI=1S/C21H25FN2O4/c1-14(2)19(24-20(25)15-8-4-5-9-16(15)22)21(26)23-12-13-28-18-11-7-6-10-17(18)27-3/h4-11,14,19H,12-13H2,1-3H3,(H,23,26)(H,24,25). The van der Waals surface area contributed by atoms with Crippen LogP contribution in [-0.2, 0) is 4.79 Å². The van der Waals surface area contributed by atoms with Gasteiger partial charge in [-0.3, -0.25) is 9.59 Å². The van der Waals surface area contributed by atoms with Crippen molar-refractivity contribution in [1.29, 1.82) is 0 Å². The molecule has 1 unspecified atom stereocenters. The summed E-state index contributed by atoms with van der Waals surface area (Å²) in [5.74, 6) is -0.613. The smallest absolute Gasteiger partial charge is 0.254 e. The largest absolute Gasteiger partial charge is 0.493 e. The van der Waals surface area contributed by atoms with Crippen LogP contribution < -0.4 is 20.1 Å². The molecule has 6 nitrogen and oxygen atoms in total. The molecule has 2 N–H and O–H groups in total. The lowest BCUT2D eigenvalue weighted by molar-refractivity contribution is -0.124. The molecular weight excluding hydrogens is 363 g/mol. The Bertz CT molecular complexity index is 810. The third-order valence-corrected chi connectivity index (χ3v) is 4.08. The number of para-hydroxylation sites is 2. The van der Waals surface area contributed by atoms with Crippen molar-refractivity contribution in [2.24, 2.45) is 5.92 Å². The Morgan fingerprint density at radius 1 is 1.04 bits per heavy atom. The normalized spacial score (nSPS) is 11.6. The lowest BCUT2D eigenvalue weighted by Crippen LogP contribution is -2.50. The molecule has 0 aliphatic carbocycles. The highest BCUT2D eigenvalue weighted by atomic mass is 19.1. The maximum absolute atomic E-state index is 13.8. The summed E-state index contributed by atoms with van der Waals surface area (Å²) in [6.45, 7) is 4.09. The van der Waals surface area contributed by atoms with E-state index >= 15 is 0 Å². The first-order valence-electron chi connectivity index (χ1n) is 9.03. The third-order valence-electron chi connectivity index (χ3n) is 4.08. The Labute approximate surface area is 164 Å². The molecule has 2 aromatic rings. The van der Waals surface area contributed by atoms with E-state index in [0.717, 1.165) is 0 Å². The molecule has 0 saturated carbocycles. The van der Waals surface area contributed by atoms with Gasteiger partial charge >= 0.3 is 0 Å². The lowest BCUT2D eigenvalue weighted by atomic mass is 10.0. The lowest BCUT2D eigenvalue weighted by Gasteiger charge is -2.22. The highest BCUT2D eigenvalue weighted by Crippen LogP contribution is 2.25. The maximum atomic E-state index is 13.8. The van der Waals surface area contributed by atoms with Crippen molar-refractivity contribution in [1.82, 2.24) is 10.6 Å². The number of methoxy groups -OCH3 is 1. The van der Waals surface area contributed by atoms with Gasteiger partial charge in [-0.2, -0.15) is 0 Å². The average molecular weight is 388 g/mol. The van der Waals surface area contributed by atoms with Crippen LogP contribution in [0, 0.1) is 11.7 Å². The molecule has 0 saturated heterocycles. The van der Waals surface area contributed by atoms with Crippen LogP contribution in [0.25, 0.3) is 0 Å². The number of benzene rings is 2. The van der Waals surface area contributed by atoms with E-state index in [1.165, 1.54) is 18.2 Å². The zero-order valence-electron chi connectivity index (χ0n) is 16.2.